The molecule has 20 heavy (non-hydrogen) atoms. The van der Waals surface area contributed by atoms with Gasteiger partial charge in [0.25, 0.3) is 0 Å². The first-order valence-electron chi connectivity index (χ1n) is 8.27. The minimum absolute atomic E-state index is 0.641. The molecule has 0 amide bonds. The highest BCUT2D eigenvalue weighted by Gasteiger charge is 2.19. The fourth-order valence-corrected chi connectivity index (χ4v) is 3.55. The number of piperidine rings is 1. The molecule has 1 aromatic heterocycles. The minimum atomic E-state index is 0.641. The van der Waals surface area contributed by atoms with Crippen molar-refractivity contribution in [1.29, 1.82) is 0 Å². The molecule has 0 atom stereocenters. The van der Waals surface area contributed by atoms with E-state index < -0.39 is 0 Å². The summed E-state index contributed by atoms with van der Waals surface area (Å²) in [4.78, 5) is 6.97. The van der Waals surface area contributed by atoms with E-state index in [9.17, 15) is 0 Å². The highest BCUT2D eigenvalue weighted by atomic mass is 15.2. The summed E-state index contributed by atoms with van der Waals surface area (Å²) in [5.74, 6) is 1.91. The van der Waals surface area contributed by atoms with E-state index in [2.05, 4.69) is 33.0 Å². The van der Waals surface area contributed by atoms with Crippen molar-refractivity contribution in [2.75, 3.05) is 25.5 Å². The first kappa shape index (κ1) is 13.9. The van der Waals surface area contributed by atoms with Gasteiger partial charge in [-0.25, -0.2) is 4.98 Å². The van der Waals surface area contributed by atoms with Crippen molar-refractivity contribution in [1.82, 2.24) is 14.5 Å². The molecular weight excluding hydrogens is 248 g/mol. The fraction of sp³-hybridized carbons (Fsp3) is 0.812. The van der Waals surface area contributed by atoms with Crippen LogP contribution in [0.5, 0.6) is 0 Å². The zero-order valence-electron chi connectivity index (χ0n) is 12.7. The lowest BCUT2D eigenvalue weighted by Gasteiger charge is -2.30. The molecule has 0 radical (unpaired) electrons. The molecule has 112 valence electrons. The van der Waals surface area contributed by atoms with Crippen LogP contribution in [0.25, 0.3) is 0 Å². The summed E-state index contributed by atoms with van der Waals surface area (Å²) >= 11 is 0. The summed E-state index contributed by atoms with van der Waals surface area (Å²) in [6, 6.07) is 0.641. The van der Waals surface area contributed by atoms with Crippen LogP contribution in [0.2, 0.25) is 0 Å². The summed E-state index contributed by atoms with van der Waals surface area (Å²) in [6.45, 7) is 3.61. The highest BCUT2D eigenvalue weighted by molar-refractivity contribution is 5.27. The molecule has 4 nitrogen and oxygen atoms in total. The van der Waals surface area contributed by atoms with Crippen molar-refractivity contribution in [2.24, 2.45) is 5.92 Å². The molecule has 4 heteroatoms. The normalized spacial score (nSPS) is 23.1. The molecule has 1 saturated heterocycles. The summed E-state index contributed by atoms with van der Waals surface area (Å²) in [6.07, 6.45) is 13.5. The monoisotopic (exact) mass is 276 g/mol. The summed E-state index contributed by atoms with van der Waals surface area (Å²) in [5.41, 5.74) is 0. The smallest absolute Gasteiger partial charge is 0.202 e. The number of rotatable bonds is 4. The predicted octanol–water partition coefficient (Wildman–Crippen LogP) is 2.97. The van der Waals surface area contributed by atoms with Crippen molar-refractivity contribution in [3.8, 4) is 0 Å². The molecule has 0 unspecified atom stereocenters. The second kappa shape index (κ2) is 6.61. The molecule has 1 N–H and O–H groups in total. The molecule has 0 spiro atoms. The van der Waals surface area contributed by atoms with Crippen LogP contribution in [-0.4, -0.2) is 40.6 Å². The molecule has 2 heterocycles. The predicted molar refractivity (Wildman–Crippen MR) is 82.9 cm³/mol. The number of imidazole rings is 1. The SMILES string of the molecule is CN1CCC(Cn2ccnc2NC2CCCCC2)CC1. The van der Waals surface area contributed by atoms with E-state index in [-0.39, 0.29) is 0 Å². The van der Waals surface area contributed by atoms with Gasteiger partial charge < -0.3 is 14.8 Å². The second-order valence-corrected chi connectivity index (χ2v) is 6.63. The van der Waals surface area contributed by atoms with Gasteiger partial charge in [0.15, 0.2) is 0 Å². The van der Waals surface area contributed by atoms with Gasteiger partial charge in [0.1, 0.15) is 0 Å². The lowest BCUT2D eigenvalue weighted by molar-refractivity contribution is 0.205. The Hall–Kier alpha value is -1.03. The number of nitrogens with one attached hydrogen (secondary N) is 1. The number of likely N-dealkylation sites (tertiary alicyclic amines) is 1. The van der Waals surface area contributed by atoms with E-state index in [0.717, 1.165) is 18.4 Å². The average Bonchev–Trinajstić information content (AvgIpc) is 2.90. The lowest BCUT2D eigenvalue weighted by Crippen LogP contribution is -2.32. The topological polar surface area (TPSA) is 33.1 Å². The molecule has 1 saturated carbocycles. The van der Waals surface area contributed by atoms with Gasteiger partial charge in [0.2, 0.25) is 5.95 Å². The van der Waals surface area contributed by atoms with E-state index >= 15 is 0 Å². The first-order valence-corrected chi connectivity index (χ1v) is 8.27. The molecule has 1 aromatic rings. The highest BCUT2D eigenvalue weighted by Crippen LogP contribution is 2.23. The Bertz CT molecular complexity index is 400. The van der Waals surface area contributed by atoms with E-state index in [4.69, 9.17) is 0 Å². The van der Waals surface area contributed by atoms with Crippen LogP contribution < -0.4 is 5.32 Å². The minimum Gasteiger partial charge on any atom is -0.353 e. The Morgan fingerprint density at radius 2 is 1.90 bits per heavy atom. The van der Waals surface area contributed by atoms with Gasteiger partial charge in [0, 0.05) is 25.0 Å². The number of anilines is 1. The average molecular weight is 276 g/mol. The van der Waals surface area contributed by atoms with Crippen molar-refractivity contribution in [3.63, 3.8) is 0 Å². The van der Waals surface area contributed by atoms with E-state index in [1.165, 1.54) is 58.0 Å². The maximum Gasteiger partial charge on any atom is 0.202 e. The van der Waals surface area contributed by atoms with Crippen LogP contribution in [0, 0.1) is 5.92 Å². The van der Waals surface area contributed by atoms with Crippen LogP contribution in [0.1, 0.15) is 44.9 Å². The Morgan fingerprint density at radius 1 is 1.15 bits per heavy atom. The van der Waals surface area contributed by atoms with E-state index in [0.29, 0.717) is 6.04 Å². The van der Waals surface area contributed by atoms with E-state index in [1.54, 1.807) is 0 Å². The summed E-state index contributed by atoms with van der Waals surface area (Å²) < 4.78 is 2.34. The molecule has 0 bridgehead atoms. The Morgan fingerprint density at radius 3 is 2.65 bits per heavy atom. The number of nitrogens with zero attached hydrogens (tertiary/aromatic N) is 3. The van der Waals surface area contributed by atoms with Crippen LogP contribution in [0.15, 0.2) is 12.4 Å². The van der Waals surface area contributed by atoms with Crippen LogP contribution in [0.4, 0.5) is 5.95 Å². The standard InChI is InChI=1S/C16H28N4/c1-19-10-7-14(8-11-19)13-20-12-9-17-16(20)18-15-5-3-2-4-6-15/h9,12,14-15H,2-8,10-11,13H2,1H3,(H,17,18). The van der Waals surface area contributed by atoms with Crippen molar-refractivity contribution < 1.29 is 0 Å². The van der Waals surface area contributed by atoms with Gasteiger partial charge in [-0.3, -0.25) is 0 Å². The molecule has 2 fully saturated rings. The zero-order chi connectivity index (χ0) is 13.8. The van der Waals surface area contributed by atoms with Gasteiger partial charge in [-0.15, -0.1) is 0 Å². The molecule has 2 aliphatic rings. The summed E-state index contributed by atoms with van der Waals surface area (Å²) in [7, 11) is 2.23. The maximum absolute atomic E-state index is 4.53. The van der Waals surface area contributed by atoms with Crippen LogP contribution in [0.3, 0.4) is 0 Å². The van der Waals surface area contributed by atoms with Gasteiger partial charge in [-0.2, -0.15) is 0 Å². The fourth-order valence-electron chi connectivity index (χ4n) is 3.55. The molecule has 0 aromatic carbocycles. The number of hydrogen-bond donors (Lipinski definition) is 1. The van der Waals surface area contributed by atoms with Gasteiger partial charge in [0.05, 0.1) is 0 Å². The van der Waals surface area contributed by atoms with Gasteiger partial charge >= 0.3 is 0 Å². The van der Waals surface area contributed by atoms with Crippen molar-refractivity contribution in [3.05, 3.63) is 12.4 Å². The van der Waals surface area contributed by atoms with E-state index in [1.807, 2.05) is 6.20 Å². The quantitative estimate of drug-likeness (QED) is 0.918. The van der Waals surface area contributed by atoms with Crippen LogP contribution in [-0.2, 0) is 6.54 Å². The largest absolute Gasteiger partial charge is 0.353 e. The second-order valence-electron chi connectivity index (χ2n) is 6.63. The molecule has 1 aliphatic carbocycles. The van der Waals surface area contributed by atoms with Gasteiger partial charge in [-0.05, 0) is 51.7 Å². The molecule has 1 aliphatic heterocycles. The van der Waals surface area contributed by atoms with Crippen molar-refractivity contribution in [2.45, 2.75) is 57.5 Å². The Balaban J connectivity index is 1.55. The van der Waals surface area contributed by atoms with Crippen molar-refractivity contribution >= 4 is 5.95 Å². The first-order chi connectivity index (χ1) is 9.81. The maximum atomic E-state index is 4.53. The molecular formula is C16H28N4. The Kier molecular flexibility index (Phi) is 4.61. The number of aromatic nitrogens is 2. The summed E-state index contributed by atoms with van der Waals surface area (Å²) in [5, 5.41) is 3.67. The third-order valence-corrected chi connectivity index (χ3v) is 4.95. The van der Waals surface area contributed by atoms with Gasteiger partial charge in [-0.1, -0.05) is 19.3 Å². The number of hydrogen-bond acceptors (Lipinski definition) is 3. The van der Waals surface area contributed by atoms with Crippen LogP contribution >= 0.6 is 0 Å². The zero-order valence-corrected chi connectivity index (χ0v) is 12.7. The Labute approximate surface area is 122 Å². The lowest BCUT2D eigenvalue weighted by atomic mass is 9.95. The molecule has 3 rings (SSSR count). The third kappa shape index (κ3) is 3.54. The third-order valence-electron chi connectivity index (χ3n) is 4.95.